The predicted molar refractivity (Wildman–Crippen MR) is 90.2 cm³/mol. The van der Waals surface area contributed by atoms with Crippen LogP contribution in [0.25, 0.3) is 10.8 Å². The van der Waals surface area contributed by atoms with E-state index in [0.717, 1.165) is 0 Å². The van der Waals surface area contributed by atoms with E-state index >= 15 is 0 Å². The Kier molecular flexibility index (Phi) is 2.39. The van der Waals surface area contributed by atoms with Crippen molar-refractivity contribution in [3.05, 3.63) is 64.7 Å². The molecular formula is C18H19NOS. The summed E-state index contributed by atoms with van der Waals surface area (Å²) in [6.45, 7) is 0.426. The van der Waals surface area contributed by atoms with Crippen molar-refractivity contribution in [2.75, 3.05) is 13.6 Å². The van der Waals surface area contributed by atoms with Crippen molar-refractivity contribution in [3.8, 4) is 5.75 Å². The van der Waals surface area contributed by atoms with E-state index in [4.69, 9.17) is 15.7 Å². The van der Waals surface area contributed by atoms with Crippen LogP contribution in [0.2, 0.25) is 0 Å². The van der Waals surface area contributed by atoms with Crippen molar-refractivity contribution < 1.29 is 15.7 Å². The molecule has 3 rings (SSSR count). The normalized spacial score (nSPS) is 19.3. The fraction of sp³-hybridized carbons (Fsp3) is 0.222. The molecule has 1 aromatic heterocycles. The molecule has 2 aromatic carbocycles. The second-order valence-corrected chi connectivity index (χ2v) is 5.26. The van der Waals surface area contributed by atoms with Crippen molar-refractivity contribution >= 4 is 22.1 Å². The van der Waals surface area contributed by atoms with Gasteiger partial charge >= 0.3 is 0 Å². The summed E-state index contributed by atoms with van der Waals surface area (Å²) in [6.07, 6.45) is -1.43. The largest absolute Gasteiger partial charge is 0.484 e. The maximum absolute atomic E-state index is 8.90. The fourth-order valence-electron chi connectivity index (χ4n) is 1.89. The Bertz CT molecular complexity index is 1060. The first-order valence-electron chi connectivity index (χ1n) is 10.5. The van der Waals surface area contributed by atoms with E-state index in [0.29, 0.717) is 11.4 Å². The minimum atomic E-state index is -1.63. The van der Waals surface area contributed by atoms with Crippen molar-refractivity contribution in [3.63, 3.8) is 0 Å². The molecule has 3 heteroatoms. The molecule has 0 aliphatic carbocycles. The number of benzene rings is 2. The van der Waals surface area contributed by atoms with Gasteiger partial charge in [0.15, 0.2) is 0 Å². The second kappa shape index (κ2) is 6.74. The Balaban J connectivity index is 2.34. The first-order valence-corrected chi connectivity index (χ1v) is 7.39. The summed E-state index contributed by atoms with van der Waals surface area (Å²) in [5.74, 6) is -0.285. The minimum Gasteiger partial charge on any atom is -0.484 e. The van der Waals surface area contributed by atoms with Crippen LogP contribution in [0.5, 0.6) is 5.75 Å². The highest BCUT2D eigenvalue weighted by Gasteiger charge is 2.15. The highest BCUT2D eigenvalue weighted by atomic mass is 32.1. The third-order valence-electron chi connectivity index (χ3n) is 2.90. The van der Waals surface area contributed by atoms with Gasteiger partial charge in [-0.15, -0.1) is 11.3 Å². The molecule has 3 aromatic rings. The highest BCUT2D eigenvalue weighted by molar-refractivity contribution is 7.10. The van der Waals surface area contributed by atoms with Crippen molar-refractivity contribution in [1.82, 2.24) is 5.32 Å². The van der Waals surface area contributed by atoms with Crippen LogP contribution in [-0.4, -0.2) is 13.6 Å². The number of rotatable bonds is 6. The van der Waals surface area contributed by atoms with Crippen molar-refractivity contribution in [1.29, 1.82) is 0 Å². The monoisotopic (exact) mass is 305 g/mol. The zero-order chi connectivity index (χ0) is 21.5. The molecule has 1 N–H and O–H groups in total. The SMILES string of the molecule is [2H]c1c([2H])c([2H])c2c(OC([2H])(CCNC)c3cccs3)c([2H])c([2H])c([2H])c2c1[2H]. The van der Waals surface area contributed by atoms with Gasteiger partial charge in [0, 0.05) is 16.7 Å². The third kappa shape index (κ3) is 3.26. The van der Waals surface area contributed by atoms with E-state index in [-0.39, 0.29) is 22.9 Å². The lowest BCUT2D eigenvalue weighted by Crippen LogP contribution is -2.15. The van der Waals surface area contributed by atoms with E-state index < -0.39 is 48.4 Å². The Morgan fingerprint density at radius 3 is 2.95 bits per heavy atom. The summed E-state index contributed by atoms with van der Waals surface area (Å²) in [4.78, 5) is 0.558. The molecule has 0 amide bonds. The number of thiophene rings is 1. The van der Waals surface area contributed by atoms with Gasteiger partial charge in [-0.05, 0) is 36.5 Å². The van der Waals surface area contributed by atoms with Crippen LogP contribution < -0.4 is 10.1 Å². The van der Waals surface area contributed by atoms with Crippen LogP contribution in [0, 0.1) is 0 Å². The molecule has 0 saturated heterocycles. The summed E-state index contributed by atoms with van der Waals surface area (Å²) in [7, 11) is 1.73. The van der Waals surface area contributed by atoms with Gasteiger partial charge in [-0.1, -0.05) is 42.3 Å². The fourth-order valence-corrected chi connectivity index (χ4v) is 2.63. The zero-order valence-electron chi connectivity index (χ0n) is 19.5. The molecule has 21 heavy (non-hydrogen) atoms. The molecule has 0 saturated carbocycles. The summed E-state index contributed by atoms with van der Waals surface area (Å²) in [5, 5.41) is 4.40. The van der Waals surface area contributed by atoms with Gasteiger partial charge in [0.1, 0.15) is 11.8 Å². The van der Waals surface area contributed by atoms with Crippen molar-refractivity contribution in [2.45, 2.75) is 12.5 Å². The van der Waals surface area contributed by atoms with Crippen LogP contribution in [0.15, 0.2) is 59.8 Å². The maximum Gasteiger partial charge on any atom is 0.134 e. The zero-order valence-corrected chi connectivity index (χ0v) is 12.3. The van der Waals surface area contributed by atoms with Gasteiger partial charge in [0.2, 0.25) is 0 Å². The molecule has 1 unspecified atom stereocenters. The van der Waals surface area contributed by atoms with Crippen LogP contribution in [0.4, 0.5) is 0 Å². The Morgan fingerprint density at radius 2 is 2.14 bits per heavy atom. The van der Waals surface area contributed by atoms with E-state index in [1.165, 1.54) is 11.3 Å². The molecule has 0 bridgehead atoms. The van der Waals surface area contributed by atoms with E-state index in [9.17, 15) is 0 Å². The predicted octanol–water partition coefficient (Wildman–Crippen LogP) is 4.63. The van der Waals surface area contributed by atoms with E-state index in [1.807, 2.05) is 0 Å². The lowest BCUT2D eigenvalue weighted by atomic mass is 10.1. The third-order valence-corrected chi connectivity index (χ3v) is 3.81. The molecule has 0 spiro atoms. The average molecular weight is 305 g/mol. The van der Waals surface area contributed by atoms with E-state index in [1.54, 1.807) is 24.6 Å². The van der Waals surface area contributed by atoms with Crippen LogP contribution in [0.3, 0.4) is 0 Å². The molecule has 0 aliphatic rings. The van der Waals surface area contributed by atoms with Crippen molar-refractivity contribution in [2.24, 2.45) is 0 Å². The van der Waals surface area contributed by atoms with Gasteiger partial charge in [0.25, 0.3) is 0 Å². The van der Waals surface area contributed by atoms with E-state index in [2.05, 4.69) is 5.32 Å². The summed E-state index contributed by atoms with van der Waals surface area (Å²) < 4.78 is 71.7. The summed E-state index contributed by atoms with van der Waals surface area (Å²) in [5.41, 5.74) is 0. The van der Waals surface area contributed by atoms with Gasteiger partial charge in [-0.3, -0.25) is 0 Å². The van der Waals surface area contributed by atoms with Crippen LogP contribution in [0.1, 0.15) is 28.3 Å². The number of hydrogen-bond acceptors (Lipinski definition) is 3. The summed E-state index contributed by atoms with van der Waals surface area (Å²) in [6, 6.07) is 0.0494. The number of hydrogen-bond donors (Lipinski definition) is 1. The lowest BCUT2D eigenvalue weighted by Gasteiger charge is -2.19. The maximum atomic E-state index is 8.90. The Labute approximate surface area is 140 Å². The Hall–Kier alpha value is -1.84. The van der Waals surface area contributed by atoms with Gasteiger partial charge in [-0.25, -0.2) is 0 Å². The van der Waals surface area contributed by atoms with Crippen LogP contribution in [-0.2, 0) is 0 Å². The topological polar surface area (TPSA) is 21.3 Å². The Morgan fingerprint density at radius 1 is 1.29 bits per heavy atom. The van der Waals surface area contributed by atoms with Gasteiger partial charge < -0.3 is 10.1 Å². The molecule has 0 aliphatic heterocycles. The highest BCUT2D eigenvalue weighted by Crippen LogP contribution is 2.32. The first kappa shape index (κ1) is 7.43. The number of nitrogens with one attached hydrogen (secondary N) is 1. The molecule has 1 atom stereocenters. The number of ether oxygens (including phenoxy) is 1. The van der Waals surface area contributed by atoms with Gasteiger partial charge in [0.05, 0.1) is 11.0 Å². The lowest BCUT2D eigenvalue weighted by molar-refractivity contribution is 0.201. The quantitative estimate of drug-likeness (QED) is 0.717. The smallest absolute Gasteiger partial charge is 0.134 e. The minimum absolute atomic E-state index is 0.153. The molecular weight excluding hydrogens is 278 g/mol. The molecule has 2 nitrogen and oxygen atoms in total. The first-order chi connectivity index (χ1) is 13.6. The van der Waals surface area contributed by atoms with Gasteiger partial charge in [-0.2, -0.15) is 0 Å². The molecule has 0 radical (unpaired) electrons. The second-order valence-electron chi connectivity index (χ2n) is 4.31. The molecule has 108 valence electrons. The average Bonchev–Trinajstić information content (AvgIpc) is 3.25. The van der Waals surface area contributed by atoms with Crippen LogP contribution >= 0.6 is 11.3 Å². The molecule has 0 fully saturated rings. The number of fused-ring (bicyclic) bond motifs is 1. The summed E-state index contributed by atoms with van der Waals surface area (Å²) >= 11 is 1.29. The standard InChI is InChI=1S/C18H19NOS/c1-19-12-11-17(18-10-5-13-21-18)20-16-9-4-7-14-6-2-3-8-15(14)16/h2-10,13,17,19H,11-12H2,1H3/i2D,3D,4D,6D,7D,8D,9D,17D. The molecule has 1 heterocycles.